The molecule has 1 heterocycles. The SMILES string of the molecule is CC(C)(C)N=CC=NC(C)(C)C.O=C1[CH][CH]C(=O)O1.[Pd]. The summed E-state index contributed by atoms with van der Waals surface area (Å²) in [5, 5.41) is 0. The number of aliphatic imine (C=N–C) groups is 2. The van der Waals surface area contributed by atoms with E-state index >= 15 is 0 Å². The van der Waals surface area contributed by atoms with Gasteiger partial charge in [0.1, 0.15) is 0 Å². The number of rotatable bonds is 1. The number of ether oxygens (including phenoxy) is 1. The summed E-state index contributed by atoms with van der Waals surface area (Å²) in [6.07, 6.45) is 5.71. The van der Waals surface area contributed by atoms with Gasteiger partial charge in [-0.3, -0.25) is 19.6 Å². The molecule has 0 saturated carbocycles. The Morgan fingerprint density at radius 3 is 1.30 bits per heavy atom. The average molecular weight is 373 g/mol. The van der Waals surface area contributed by atoms with E-state index in [0.717, 1.165) is 12.8 Å². The summed E-state index contributed by atoms with van der Waals surface area (Å²) >= 11 is 0. The minimum Gasteiger partial charge on any atom is -0.393 e. The molecule has 20 heavy (non-hydrogen) atoms. The van der Waals surface area contributed by atoms with Crippen LogP contribution < -0.4 is 0 Å². The minimum absolute atomic E-state index is 0. The van der Waals surface area contributed by atoms with Crippen molar-refractivity contribution in [3.8, 4) is 0 Å². The first-order valence-electron chi connectivity index (χ1n) is 6.02. The Morgan fingerprint density at radius 2 is 1.15 bits per heavy atom. The molecule has 0 amide bonds. The van der Waals surface area contributed by atoms with E-state index in [1.807, 2.05) is 0 Å². The van der Waals surface area contributed by atoms with Crippen molar-refractivity contribution >= 4 is 24.4 Å². The summed E-state index contributed by atoms with van der Waals surface area (Å²) < 4.78 is 3.97. The summed E-state index contributed by atoms with van der Waals surface area (Å²) in [5.74, 6) is -1.16. The summed E-state index contributed by atoms with van der Waals surface area (Å²) in [4.78, 5) is 28.4. The second-order valence-corrected chi connectivity index (χ2v) is 5.97. The molecule has 0 bridgehead atoms. The Labute approximate surface area is 134 Å². The van der Waals surface area contributed by atoms with Crippen molar-refractivity contribution in [3.05, 3.63) is 12.8 Å². The fraction of sp³-hybridized carbons (Fsp3) is 0.571. The van der Waals surface area contributed by atoms with Crippen molar-refractivity contribution in [2.75, 3.05) is 0 Å². The molecule has 0 spiro atoms. The molecule has 0 aliphatic carbocycles. The van der Waals surface area contributed by atoms with E-state index in [1.165, 1.54) is 0 Å². The van der Waals surface area contributed by atoms with Crippen LogP contribution in [-0.4, -0.2) is 35.4 Å². The van der Waals surface area contributed by atoms with Crippen LogP contribution in [-0.2, 0) is 34.7 Å². The molecule has 1 aliphatic rings. The number of esters is 2. The fourth-order valence-electron chi connectivity index (χ4n) is 0.817. The van der Waals surface area contributed by atoms with Crippen LogP contribution in [0, 0.1) is 12.8 Å². The zero-order chi connectivity index (χ0) is 15.1. The van der Waals surface area contributed by atoms with Crippen molar-refractivity contribution in [3.63, 3.8) is 0 Å². The van der Waals surface area contributed by atoms with Crippen molar-refractivity contribution in [1.82, 2.24) is 0 Å². The van der Waals surface area contributed by atoms with E-state index in [1.54, 1.807) is 12.4 Å². The molecule has 1 aliphatic heterocycles. The maximum Gasteiger partial charge on any atom is 0.318 e. The van der Waals surface area contributed by atoms with Gasteiger partial charge in [-0.05, 0) is 41.5 Å². The Kier molecular flexibility index (Phi) is 9.81. The summed E-state index contributed by atoms with van der Waals surface area (Å²) in [5.41, 5.74) is 0.00775. The van der Waals surface area contributed by atoms with Crippen molar-refractivity contribution < 1.29 is 34.7 Å². The summed E-state index contributed by atoms with van der Waals surface area (Å²) in [6, 6.07) is 0. The number of cyclic esters (lactones) is 2. The molecule has 0 atom stereocenters. The first-order valence-corrected chi connectivity index (χ1v) is 6.02. The molecule has 0 aromatic heterocycles. The van der Waals surface area contributed by atoms with Gasteiger partial charge in [0, 0.05) is 32.9 Å². The van der Waals surface area contributed by atoms with Gasteiger partial charge >= 0.3 is 11.9 Å². The molecule has 1 rings (SSSR count). The van der Waals surface area contributed by atoms with E-state index in [4.69, 9.17) is 0 Å². The molecule has 0 unspecified atom stereocenters. The number of carbonyl (C=O) groups excluding carboxylic acids is 2. The normalized spacial score (nSPS) is 15.9. The third-order valence-corrected chi connectivity index (χ3v) is 1.55. The maximum absolute atomic E-state index is 9.92. The van der Waals surface area contributed by atoms with Gasteiger partial charge in [-0.1, -0.05) is 0 Å². The third kappa shape index (κ3) is 15.2. The van der Waals surface area contributed by atoms with Gasteiger partial charge in [0.15, 0.2) is 0 Å². The molecule has 1 saturated heterocycles. The minimum atomic E-state index is -0.579. The standard InChI is InChI=1S/C10H20N2.C4H2O3.Pd/c1-9(2,3)11-7-8-12-10(4,5)6;5-3-1-2-4(6)7-3;/h7-8H,1-6H3;1-2H;. The molecule has 0 aromatic carbocycles. The van der Waals surface area contributed by atoms with Crippen LogP contribution in [0.3, 0.4) is 0 Å². The second kappa shape index (κ2) is 9.15. The zero-order valence-electron chi connectivity index (χ0n) is 12.7. The maximum atomic E-state index is 9.92. The quantitative estimate of drug-likeness (QED) is 0.307. The molecule has 6 heteroatoms. The van der Waals surface area contributed by atoms with Crippen LogP contribution in [0.25, 0.3) is 0 Å². The molecule has 0 aromatic rings. The Morgan fingerprint density at radius 1 is 0.850 bits per heavy atom. The largest absolute Gasteiger partial charge is 0.393 e. The molecular formula is C14H22N2O3Pd. The van der Waals surface area contributed by atoms with Gasteiger partial charge in [0.2, 0.25) is 0 Å². The number of hydrogen-bond donors (Lipinski definition) is 0. The van der Waals surface area contributed by atoms with Gasteiger partial charge < -0.3 is 4.74 Å². The Bertz CT molecular complexity index is 341. The van der Waals surface area contributed by atoms with Crippen LogP contribution in [0.15, 0.2) is 9.98 Å². The smallest absolute Gasteiger partial charge is 0.318 e. The van der Waals surface area contributed by atoms with Crippen molar-refractivity contribution in [2.45, 2.75) is 52.6 Å². The molecular weight excluding hydrogens is 351 g/mol. The van der Waals surface area contributed by atoms with Crippen LogP contribution in [0.2, 0.25) is 0 Å². The predicted molar refractivity (Wildman–Crippen MR) is 76.2 cm³/mol. The first-order chi connectivity index (χ1) is 8.49. The van der Waals surface area contributed by atoms with E-state index in [2.05, 4.69) is 56.3 Å². The second-order valence-electron chi connectivity index (χ2n) is 5.97. The molecule has 1 fully saturated rings. The molecule has 2 radical (unpaired) electrons. The monoisotopic (exact) mass is 372 g/mol. The molecule has 5 nitrogen and oxygen atoms in total. The van der Waals surface area contributed by atoms with Gasteiger partial charge in [0.25, 0.3) is 0 Å². The van der Waals surface area contributed by atoms with Gasteiger partial charge in [-0.25, -0.2) is 0 Å². The number of carbonyl (C=O) groups is 2. The van der Waals surface area contributed by atoms with Crippen LogP contribution >= 0.6 is 0 Å². The summed E-state index contributed by atoms with van der Waals surface area (Å²) in [7, 11) is 0. The Hall–Kier alpha value is -0.858. The van der Waals surface area contributed by atoms with Crippen LogP contribution in [0.4, 0.5) is 0 Å². The first kappa shape index (κ1) is 21.4. The third-order valence-electron chi connectivity index (χ3n) is 1.55. The molecule has 116 valence electrons. The van der Waals surface area contributed by atoms with E-state index in [-0.39, 0.29) is 31.5 Å². The van der Waals surface area contributed by atoms with Gasteiger partial charge in [-0.2, -0.15) is 0 Å². The number of nitrogens with zero attached hydrogens (tertiary/aromatic N) is 2. The van der Waals surface area contributed by atoms with Crippen molar-refractivity contribution in [2.24, 2.45) is 9.98 Å². The fourth-order valence-corrected chi connectivity index (χ4v) is 0.817. The van der Waals surface area contributed by atoms with Crippen LogP contribution in [0.1, 0.15) is 41.5 Å². The Balaban J connectivity index is 0. The van der Waals surface area contributed by atoms with E-state index in [9.17, 15) is 9.59 Å². The molecule has 0 N–H and O–H groups in total. The van der Waals surface area contributed by atoms with E-state index < -0.39 is 11.9 Å². The topological polar surface area (TPSA) is 68.1 Å². The predicted octanol–water partition coefficient (Wildman–Crippen LogP) is 2.20. The van der Waals surface area contributed by atoms with Crippen LogP contribution in [0.5, 0.6) is 0 Å². The zero-order valence-corrected chi connectivity index (χ0v) is 14.3. The van der Waals surface area contributed by atoms with Gasteiger partial charge in [0.05, 0.1) is 23.9 Å². The average Bonchev–Trinajstić information content (AvgIpc) is 2.56. The number of hydrogen-bond acceptors (Lipinski definition) is 5. The van der Waals surface area contributed by atoms with E-state index in [0.29, 0.717) is 0 Å². The van der Waals surface area contributed by atoms with Gasteiger partial charge in [-0.15, -0.1) is 0 Å². The summed E-state index contributed by atoms with van der Waals surface area (Å²) in [6.45, 7) is 12.4. The van der Waals surface area contributed by atoms with Crippen molar-refractivity contribution in [1.29, 1.82) is 0 Å².